The number of rotatable bonds is 7. The number of hydrogen-bond acceptors (Lipinski definition) is 4. The molecule has 18 heavy (non-hydrogen) atoms. The molecule has 1 aromatic heterocycles. The van der Waals surface area contributed by atoms with Crippen LogP contribution in [0.25, 0.3) is 0 Å². The van der Waals surface area contributed by atoms with Crippen LogP contribution in [-0.4, -0.2) is 38.2 Å². The lowest BCUT2D eigenvalue weighted by atomic mass is 10.1. The van der Waals surface area contributed by atoms with Gasteiger partial charge in [0.15, 0.2) is 0 Å². The second-order valence-electron chi connectivity index (χ2n) is 5.02. The molecule has 2 heterocycles. The third kappa shape index (κ3) is 3.57. The van der Waals surface area contributed by atoms with Crippen molar-refractivity contribution >= 4 is 0 Å². The van der Waals surface area contributed by atoms with Crippen molar-refractivity contribution in [2.24, 2.45) is 0 Å². The van der Waals surface area contributed by atoms with Gasteiger partial charge in [0.1, 0.15) is 5.76 Å². The number of furan rings is 1. The van der Waals surface area contributed by atoms with Crippen LogP contribution >= 0.6 is 0 Å². The maximum absolute atomic E-state index is 5.76. The summed E-state index contributed by atoms with van der Waals surface area (Å²) in [5.74, 6) is 0.982. The Bertz CT molecular complexity index is 351. The first-order chi connectivity index (χ1) is 8.81. The van der Waals surface area contributed by atoms with E-state index < -0.39 is 0 Å². The van der Waals surface area contributed by atoms with Gasteiger partial charge in [-0.05, 0) is 46.0 Å². The van der Waals surface area contributed by atoms with E-state index in [0.717, 1.165) is 30.9 Å². The van der Waals surface area contributed by atoms with Gasteiger partial charge in [-0.1, -0.05) is 0 Å². The maximum Gasteiger partial charge on any atom is 0.123 e. The van der Waals surface area contributed by atoms with E-state index in [1.807, 2.05) is 13.1 Å². The Labute approximate surface area is 109 Å². The minimum absolute atomic E-state index is 0.657. The lowest BCUT2D eigenvalue weighted by Crippen LogP contribution is -2.26. The lowest BCUT2D eigenvalue weighted by Gasteiger charge is -2.18. The SMILES string of the molecule is CNCc1occc1COCCC1CCCN1C. The van der Waals surface area contributed by atoms with Crippen molar-refractivity contribution in [1.82, 2.24) is 10.2 Å². The molecule has 1 unspecified atom stereocenters. The Morgan fingerprint density at radius 2 is 2.44 bits per heavy atom. The molecule has 0 bridgehead atoms. The van der Waals surface area contributed by atoms with Crippen molar-refractivity contribution in [3.8, 4) is 0 Å². The van der Waals surface area contributed by atoms with Crippen LogP contribution in [0.4, 0.5) is 0 Å². The molecule has 0 spiro atoms. The van der Waals surface area contributed by atoms with Gasteiger partial charge in [-0.3, -0.25) is 0 Å². The third-order valence-corrected chi connectivity index (χ3v) is 3.70. The van der Waals surface area contributed by atoms with E-state index in [9.17, 15) is 0 Å². The average molecular weight is 252 g/mol. The summed E-state index contributed by atoms with van der Waals surface area (Å²) in [5, 5.41) is 3.10. The lowest BCUT2D eigenvalue weighted by molar-refractivity contribution is 0.100. The van der Waals surface area contributed by atoms with E-state index in [4.69, 9.17) is 9.15 Å². The summed E-state index contributed by atoms with van der Waals surface area (Å²) in [6.07, 6.45) is 5.51. The first kappa shape index (κ1) is 13.6. The molecule has 1 aromatic rings. The summed E-state index contributed by atoms with van der Waals surface area (Å²) in [6, 6.07) is 2.71. The number of nitrogens with one attached hydrogen (secondary N) is 1. The van der Waals surface area contributed by atoms with Crippen LogP contribution in [0.1, 0.15) is 30.6 Å². The van der Waals surface area contributed by atoms with E-state index >= 15 is 0 Å². The quantitative estimate of drug-likeness (QED) is 0.753. The maximum atomic E-state index is 5.76. The summed E-state index contributed by atoms with van der Waals surface area (Å²) < 4.78 is 11.2. The molecular weight excluding hydrogens is 228 g/mol. The molecule has 0 amide bonds. The Kier molecular flexibility index (Phi) is 5.23. The van der Waals surface area contributed by atoms with Crippen LogP contribution in [0.3, 0.4) is 0 Å². The highest BCUT2D eigenvalue weighted by Crippen LogP contribution is 2.18. The summed E-state index contributed by atoms with van der Waals surface area (Å²) >= 11 is 0. The Morgan fingerprint density at radius 3 is 3.17 bits per heavy atom. The highest BCUT2D eigenvalue weighted by molar-refractivity contribution is 5.15. The van der Waals surface area contributed by atoms with Crippen molar-refractivity contribution in [3.05, 3.63) is 23.7 Å². The van der Waals surface area contributed by atoms with Gasteiger partial charge in [0.05, 0.1) is 19.4 Å². The topological polar surface area (TPSA) is 37.6 Å². The van der Waals surface area contributed by atoms with E-state index in [1.165, 1.54) is 19.4 Å². The van der Waals surface area contributed by atoms with E-state index in [-0.39, 0.29) is 0 Å². The van der Waals surface area contributed by atoms with Gasteiger partial charge < -0.3 is 19.4 Å². The molecule has 1 fully saturated rings. The second kappa shape index (κ2) is 6.92. The van der Waals surface area contributed by atoms with Gasteiger partial charge in [-0.25, -0.2) is 0 Å². The summed E-state index contributed by atoms with van der Waals surface area (Å²) in [5.41, 5.74) is 1.16. The van der Waals surface area contributed by atoms with Gasteiger partial charge in [0.2, 0.25) is 0 Å². The monoisotopic (exact) mass is 252 g/mol. The van der Waals surface area contributed by atoms with Crippen LogP contribution in [0.2, 0.25) is 0 Å². The minimum atomic E-state index is 0.657. The van der Waals surface area contributed by atoms with E-state index in [1.54, 1.807) is 6.26 Å². The fourth-order valence-electron chi connectivity index (χ4n) is 2.56. The molecule has 1 N–H and O–H groups in total. The molecule has 2 rings (SSSR count). The zero-order chi connectivity index (χ0) is 12.8. The number of hydrogen-bond donors (Lipinski definition) is 1. The molecule has 1 saturated heterocycles. The zero-order valence-corrected chi connectivity index (χ0v) is 11.4. The minimum Gasteiger partial charge on any atom is -0.468 e. The molecule has 4 nitrogen and oxygen atoms in total. The Morgan fingerprint density at radius 1 is 1.56 bits per heavy atom. The van der Waals surface area contributed by atoms with Crippen LogP contribution in [0.5, 0.6) is 0 Å². The predicted octanol–water partition coefficient (Wildman–Crippen LogP) is 2.00. The van der Waals surface area contributed by atoms with Crippen molar-refractivity contribution in [2.75, 3.05) is 27.2 Å². The van der Waals surface area contributed by atoms with Crippen LogP contribution in [0, 0.1) is 0 Å². The summed E-state index contributed by atoms with van der Waals surface area (Å²) in [4.78, 5) is 2.44. The normalized spacial score (nSPS) is 20.7. The molecular formula is C14H24N2O2. The van der Waals surface area contributed by atoms with Gasteiger partial charge in [-0.15, -0.1) is 0 Å². The van der Waals surface area contributed by atoms with Crippen LogP contribution < -0.4 is 5.32 Å². The molecule has 4 heteroatoms. The van der Waals surface area contributed by atoms with Gasteiger partial charge in [-0.2, -0.15) is 0 Å². The molecule has 0 radical (unpaired) electrons. The van der Waals surface area contributed by atoms with E-state index in [2.05, 4.69) is 17.3 Å². The van der Waals surface area contributed by atoms with Crippen LogP contribution in [-0.2, 0) is 17.9 Å². The van der Waals surface area contributed by atoms with E-state index in [0.29, 0.717) is 12.6 Å². The molecule has 1 aliphatic rings. The molecule has 1 aliphatic heterocycles. The fraction of sp³-hybridized carbons (Fsp3) is 0.714. The van der Waals surface area contributed by atoms with Crippen molar-refractivity contribution < 1.29 is 9.15 Å². The third-order valence-electron chi connectivity index (χ3n) is 3.70. The first-order valence-corrected chi connectivity index (χ1v) is 6.79. The largest absolute Gasteiger partial charge is 0.468 e. The first-order valence-electron chi connectivity index (χ1n) is 6.79. The zero-order valence-electron chi connectivity index (χ0n) is 11.4. The molecule has 1 atom stereocenters. The number of nitrogens with zero attached hydrogens (tertiary/aromatic N) is 1. The van der Waals surface area contributed by atoms with Crippen molar-refractivity contribution in [3.63, 3.8) is 0 Å². The number of ether oxygens (including phenoxy) is 1. The Balaban J connectivity index is 1.67. The van der Waals surface area contributed by atoms with Crippen molar-refractivity contribution in [1.29, 1.82) is 0 Å². The van der Waals surface area contributed by atoms with Gasteiger partial charge in [0, 0.05) is 18.2 Å². The molecule has 0 saturated carbocycles. The van der Waals surface area contributed by atoms with Gasteiger partial charge in [0.25, 0.3) is 0 Å². The standard InChI is InChI=1S/C14H24N2O2/c1-15-10-14-12(5-9-18-14)11-17-8-6-13-4-3-7-16(13)2/h5,9,13,15H,3-4,6-8,10-11H2,1-2H3. The predicted molar refractivity (Wildman–Crippen MR) is 71.4 cm³/mol. The van der Waals surface area contributed by atoms with Crippen LogP contribution in [0.15, 0.2) is 16.7 Å². The molecule has 102 valence electrons. The highest BCUT2D eigenvalue weighted by atomic mass is 16.5. The summed E-state index contributed by atoms with van der Waals surface area (Å²) in [6.45, 7) is 3.49. The Hall–Kier alpha value is -0.840. The average Bonchev–Trinajstić information content (AvgIpc) is 2.95. The van der Waals surface area contributed by atoms with Crippen molar-refractivity contribution in [2.45, 2.75) is 38.5 Å². The molecule has 0 aromatic carbocycles. The fourth-order valence-corrected chi connectivity index (χ4v) is 2.56. The molecule has 0 aliphatic carbocycles. The van der Waals surface area contributed by atoms with Gasteiger partial charge >= 0.3 is 0 Å². The second-order valence-corrected chi connectivity index (χ2v) is 5.02. The number of likely N-dealkylation sites (tertiary alicyclic amines) is 1. The summed E-state index contributed by atoms with van der Waals surface area (Å²) in [7, 11) is 4.13. The highest BCUT2D eigenvalue weighted by Gasteiger charge is 2.20. The smallest absolute Gasteiger partial charge is 0.123 e.